The zero-order valence-electron chi connectivity index (χ0n) is 14.3. The normalized spacial score (nSPS) is 12.2. The predicted molar refractivity (Wildman–Crippen MR) is 94.1 cm³/mol. The molecule has 0 saturated heterocycles. The summed E-state index contributed by atoms with van der Waals surface area (Å²) >= 11 is 0. The molecule has 0 aromatic carbocycles. The van der Waals surface area contributed by atoms with E-state index in [9.17, 15) is 4.79 Å². The van der Waals surface area contributed by atoms with Gasteiger partial charge in [-0.1, -0.05) is 49.8 Å². The molecule has 0 saturated carbocycles. The van der Waals surface area contributed by atoms with Crippen molar-refractivity contribution < 1.29 is 19.7 Å². The molecular formula is C19H32O4. The van der Waals surface area contributed by atoms with Crippen LogP contribution in [-0.4, -0.2) is 35.5 Å². The van der Waals surface area contributed by atoms with Crippen molar-refractivity contribution in [3.05, 3.63) is 36.5 Å². The summed E-state index contributed by atoms with van der Waals surface area (Å²) in [5.74, 6) is -0.351. The Hall–Kier alpha value is -1.39. The second kappa shape index (κ2) is 17.0. The average molecular weight is 324 g/mol. The molecule has 0 unspecified atom stereocenters. The average Bonchev–Trinajstić information content (AvgIpc) is 2.56. The van der Waals surface area contributed by atoms with Crippen LogP contribution in [0.15, 0.2) is 36.5 Å². The number of aliphatic hydroxyl groups excluding tert-OH is 2. The number of ether oxygens (including phenoxy) is 1. The third-order valence-electron chi connectivity index (χ3n) is 3.24. The van der Waals surface area contributed by atoms with Crippen LogP contribution < -0.4 is 0 Å². The Morgan fingerprint density at radius 2 is 1.52 bits per heavy atom. The van der Waals surface area contributed by atoms with Gasteiger partial charge in [-0.15, -0.1) is 0 Å². The first kappa shape index (κ1) is 21.6. The van der Waals surface area contributed by atoms with Gasteiger partial charge in [-0.2, -0.15) is 0 Å². The maximum atomic E-state index is 11.4. The second-order valence-electron chi connectivity index (χ2n) is 5.37. The summed E-state index contributed by atoms with van der Waals surface area (Å²) in [5.41, 5.74) is 0. The molecule has 0 aliphatic carbocycles. The van der Waals surface area contributed by atoms with Gasteiger partial charge in [0.15, 0.2) is 0 Å². The minimum absolute atomic E-state index is 0.337. The number of rotatable bonds is 14. The molecule has 0 aliphatic rings. The summed E-state index contributed by atoms with van der Waals surface area (Å²) < 4.78 is 4.89. The molecule has 0 spiro atoms. The lowest BCUT2D eigenvalue weighted by atomic mass is 10.1. The molecule has 0 bridgehead atoms. The molecule has 4 nitrogen and oxygen atoms in total. The highest BCUT2D eigenvalue weighted by molar-refractivity contribution is 5.69. The van der Waals surface area contributed by atoms with Crippen molar-refractivity contribution in [3.63, 3.8) is 0 Å². The van der Waals surface area contributed by atoms with Gasteiger partial charge >= 0.3 is 5.97 Å². The van der Waals surface area contributed by atoms with E-state index in [1.165, 1.54) is 0 Å². The van der Waals surface area contributed by atoms with E-state index in [4.69, 9.17) is 14.9 Å². The zero-order chi connectivity index (χ0) is 17.2. The number of esters is 1. The van der Waals surface area contributed by atoms with Crippen LogP contribution in [0, 0.1) is 0 Å². The third kappa shape index (κ3) is 15.3. The van der Waals surface area contributed by atoms with Gasteiger partial charge in [0.25, 0.3) is 0 Å². The highest BCUT2D eigenvalue weighted by Crippen LogP contribution is 2.06. The summed E-state index contributed by atoms with van der Waals surface area (Å²) in [4.78, 5) is 11.4. The summed E-state index contributed by atoms with van der Waals surface area (Å²) in [7, 11) is 0. The lowest BCUT2D eigenvalue weighted by molar-refractivity contribution is -0.153. The van der Waals surface area contributed by atoms with Gasteiger partial charge in [-0.05, 0) is 38.5 Å². The van der Waals surface area contributed by atoms with E-state index in [1.807, 2.05) is 0 Å². The minimum atomic E-state index is -0.782. The molecule has 0 aromatic heterocycles. The number of carbonyl (C=O) groups is 1. The fourth-order valence-corrected chi connectivity index (χ4v) is 1.91. The first-order chi connectivity index (χ1) is 11.2. The summed E-state index contributed by atoms with van der Waals surface area (Å²) in [5, 5.41) is 17.6. The highest BCUT2D eigenvalue weighted by Gasteiger charge is 2.11. The van der Waals surface area contributed by atoms with Crippen LogP contribution in [0.25, 0.3) is 0 Å². The largest absolute Gasteiger partial charge is 0.457 e. The van der Waals surface area contributed by atoms with Crippen LogP contribution in [-0.2, 0) is 9.53 Å². The fourth-order valence-electron chi connectivity index (χ4n) is 1.91. The fraction of sp³-hybridized carbons (Fsp3) is 0.632. The highest BCUT2D eigenvalue weighted by atomic mass is 16.6. The molecule has 0 aromatic rings. The van der Waals surface area contributed by atoms with Crippen molar-refractivity contribution in [3.8, 4) is 0 Å². The van der Waals surface area contributed by atoms with E-state index in [0.29, 0.717) is 6.42 Å². The number of hydrogen-bond donors (Lipinski definition) is 2. The maximum Gasteiger partial charge on any atom is 0.306 e. The first-order valence-electron chi connectivity index (χ1n) is 8.60. The Labute approximate surface area is 140 Å². The van der Waals surface area contributed by atoms with E-state index in [0.717, 1.165) is 44.9 Å². The number of aliphatic hydroxyl groups is 2. The van der Waals surface area contributed by atoms with Crippen LogP contribution in [0.1, 0.15) is 58.3 Å². The van der Waals surface area contributed by atoms with Gasteiger partial charge < -0.3 is 14.9 Å². The molecular weight excluding hydrogens is 292 g/mol. The van der Waals surface area contributed by atoms with E-state index < -0.39 is 6.10 Å². The van der Waals surface area contributed by atoms with Crippen LogP contribution in [0.5, 0.6) is 0 Å². The first-order valence-corrected chi connectivity index (χ1v) is 8.60. The van der Waals surface area contributed by atoms with Crippen molar-refractivity contribution in [1.29, 1.82) is 0 Å². The van der Waals surface area contributed by atoms with Crippen molar-refractivity contribution in [1.82, 2.24) is 0 Å². The van der Waals surface area contributed by atoms with E-state index in [2.05, 4.69) is 43.4 Å². The third-order valence-corrected chi connectivity index (χ3v) is 3.24. The van der Waals surface area contributed by atoms with Gasteiger partial charge in [-0.25, -0.2) is 0 Å². The summed E-state index contributed by atoms with van der Waals surface area (Å²) in [6.45, 7) is 1.46. The van der Waals surface area contributed by atoms with Crippen LogP contribution >= 0.6 is 0 Å². The standard InChI is InChI=1S/C19H32O4/c1-2-3-4-5-6-7-8-9-10-11-12-13-14-15-19(22)23-18(16-20)17-21/h3-4,6-7,9-10,18,20-21H,2,5,8,11-17H2,1H3/b4-3-,7-6-,10-9-. The molecule has 23 heavy (non-hydrogen) atoms. The van der Waals surface area contributed by atoms with Gasteiger partial charge in [0.1, 0.15) is 6.10 Å². The van der Waals surface area contributed by atoms with E-state index in [-0.39, 0.29) is 19.2 Å². The van der Waals surface area contributed by atoms with E-state index in [1.54, 1.807) is 0 Å². The smallest absolute Gasteiger partial charge is 0.306 e. The Morgan fingerprint density at radius 1 is 0.913 bits per heavy atom. The molecule has 132 valence electrons. The lowest BCUT2D eigenvalue weighted by Gasteiger charge is -2.12. The molecule has 0 heterocycles. The Morgan fingerprint density at radius 3 is 2.13 bits per heavy atom. The van der Waals surface area contributed by atoms with Crippen molar-refractivity contribution in [2.24, 2.45) is 0 Å². The predicted octanol–water partition coefficient (Wildman–Crippen LogP) is 3.69. The minimum Gasteiger partial charge on any atom is -0.457 e. The van der Waals surface area contributed by atoms with E-state index >= 15 is 0 Å². The lowest BCUT2D eigenvalue weighted by Crippen LogP contribution is -2.25. The Kier molecular flexibility index (Phi) is 15.9. The molecule has 2 N–H and O–H groups in total. The Bertz CT molecular complexity index is 354. The van der Waals surface area contributed by atoms with Crippen molar-refractivity contribution in [2.75, 3.05) is 13.2 Å². The second-order valence-corrected chi connectivity index (χ2v) is 5.37. The molecule has 0 aliphatic heterocycles. The molecule has 0 radical (unpaired) electrons. The van der Waals surface area contributed by atoms with Crippen molar-refractivity contribution in [2.45, 2.75) is 64.4 Å². The van der Waals surface area contributed by atoms with Crippen LogP contribution in [0.3, 0.4) is 0 Å². The Balaban J connectivity index is 3.46. The quantitative estimate of drug-likeness (QED) is 0.290. The van der Waals surface area contributed by atoms with Crippen LogP contribution in [0.2, 0.25) is 0 Å². The van der Waals surface area contributed by atoms with Gasteiger partial charge in [-0.3, -0.25) is 4.79 Å². The number of hydrogen-bond acceptors (Lipinski definition) is 4. The summed E-state index contributed by atoms with van der Waals surface area (Å²) in [6.07, 6.45) is 19.5. The number of carbonyl (C=O) groups excluding carboxylic acids is 1. The number of unbranched alkanes of at least 4 members (excludes halogenated alkanes) is 3. The molecule has 0 amide bonds. The van der Waals surface area contributed by atoms with Crippen LogP contribution in [0.4, 0.5) is 0 Å². The topological polar surface area (TPSA) is 66.8 Å². The van der Waals surface area contributed by atoms with Gasteiger partial charge in [0.2, 0.25) is 0 Å². The molecule has 0 rings (SSSR count). The maximum absolute atomic E-state index is 11.4. The number of allylic oxidation sites excluding steroid dienone is 6. The van der Waals surface area contributed by atoms with Crippen molar-refractivity contribution >= 4 is 5.97 Å². The molecule has 4 heteroatoms. The van der Waals surface area contributed by atoms with Gasteiger partial charge in [0.05, 0.1) is 13.2 Å². The molecule has 0 atom stereocenters. The zero-order valence-corrected chi connectivity index (χ0v) is 14.3. The molecule has 0 fully saturated rings. The van der Waals surface area contributed by atoms with Gasteiger partial charge in [0, 0.05) is 6.42 Å². The summed E-state index contributed by atoms with van der Waals surface area (Å²) in [6, 6.07) is 0. The SMILES string of the molecule is CC/C=C\C/C=C\C/C=C\CCCCCC(=O)OC(CO)CO. The monoisotopic (exact) mass is 324 g/mol.